The van der Waals surface area contributed by atoms with Gasteiger partial charge in [-0.25, -0.2) is 4.79 Å². The van der Waals surface area contributed by atoms with E-state index in [0.29, 0.717) is 0 Å². The molecule has 4 rings (SSSR count). The van der Waals surface area contributed by atoms with Crippen molar-refractivity contribution in [1.29, 1.82) is 0 Å². The number of rotatable bonds is 4. The molecule has 0 unspecified atom stereocenters. The van der Waals surface area contributed by atoms with E-state index in [1.54, 1.807) is 6.08 Å². The number of nitrogens with one attached hydrogen (secondary N) is 1. The summed E-state index contributed by atoms with van der Waals surface area (Å²) in [5, 5.41) is 5.10. The van der Waals surface area contributed by atoms with Crippen LogP contribution in [0.25, 0.3) is 33.8 Å². The van der Waals surface area contributed by atoms with Crippen molar-refractivity contribution in [2.45, 2.75) is 27.7 Å². The molecule has 1 N–H and O–H groups in total. The maximum Gasteiger partial charge on any atom is 0.330 e. The number of aryl methyl sites for hydroxylation is 3. The molecule has 5 nitrogen and oxygen atoms in total. The van der Waals surface area contributed by atoms with E-state index in [0.717, 1.165) is 50.1 Å². The molecule has 0 aliphatic heterocycles. The van der Waals surface area contributed by atoms with Crippen molar-refractivity contribution >= 4 is 45.6 Å². The summed E-state index contributed by atoms with van der Waals surface area (Å²) in [6, 6.07) is 16.3. The predicted molar refractivity (Wildman–Crippen MR) is 129 cm³/mol. The van der Waals surface area contributed by atoms with Gasteiger partial charge < -0.3 is 14.1 Å². The molecule has 1 aromatic heterocycles. The molecule has 0 atom stereocenters. The van der Waals surface area contributed by atoms with Crippen LogP contribution in [0.3, 0.4) is 0 Å². The van der Waals surface area contributed by atoms with Gasteiger partial charge in [-0.3, -0.25) is 4.79 Å². The fourth-order valence-electron chi connectivity index (χ4n) is 4.23. The molecule has 0 aliphatic rings. The van der Waals surface area contributed by atoms with Gasteiger partial charge in [-0.1, -0.05) is 0 Å². The second-order valence-electron chi connectivity index (χ2n) is 8.04. The van der Waals surface area contributed by atoms with E-state index in [1.807, 2.05) is 43.3 Å². The molecule has 0 spiro atoms. The van der Waals surface area contributed by atoms with Crippen LogP contribution in [0.1, 0.15) is 29.2 Å². The van der Waals surface area contributed by atoms with Crippen LogP contribution in [-0.2, 0) is 14.3 Å². The van der Waals surface area contributed by atoms with Crippen LogP contribution in [0.4, 0.5) is 5.69 Å². The minimum absolute atomic E-state index is 0.0944. The number of furan rings is 1. The van der Waals surface area contributed by atoms with Crippen molar-refractivity contribution in [1.82, 2.24) is 0 Å². The Morgan fingerprint density at radius 1 is 0.906 bits per heavy atom. The molecule has 32 heavy (non-hydrogen) atoms. The third kappa shape index (κ3) is 3.89. The molecular formula is C27H26NO4+. The van der Waals surface area contributed by atoms with Gasteiger partial charge >= 0.3 is 5.97 Å². The molecule has 5 heteroatoms. The summed E-state index contributed by atoms with van der Waals surface area (Å²) < 4.78 is 8.02. The van der Waals surface area contributed by atoms with Gasteiger partial charge in [0.1, 0.15) is 0 Å². The van der Waals surface area contributed by atoms with Gasteiger partial charge in [0.15, 0.2) is 0 Å². The van der Waals surface area contributed by atoms with E-state index >= 15 is 0 Å². The Morgan fingerprint density at radius 2 is 1.53 bits per heavy atom. The quantitative estimate of drug-likeness (QED) is 0.235. The van der Waals surface area contributed by atoms with Gasteiger partial charge in [-0.2, -0.15) is 0 Å². The van der Waals surface area contributed by atoms with Crippen LogP contribution in [-0.4, -0.2) is 19.0 Å². The number of carbonyl (C=O) groups is 2. The molecule has 0 saturated heterocycles. The standard InChI is InChI=1S/C27H25NO4/c1-16-12-17(2)26-23(13-16)24-15-21(28-19(4)29)14-18(3)27(24)32(26)22-9-6-20(7-10-22)8-11-25(30)31-5/h6-15H,1-5H3/p+1/b11-8+. The number of hydrogen-bond donors (Lipinski definition) is 1. The smallest absolute Gasteiger partial charge is 0.330 e. The number of fused-ring (bicyclic) bond motifs is 3. The van der Waals surface area contributed by atoms with Crippen molar-refractivity contribution in [3.05, 3.63) is 76.9 Å². The first-order valence-corrected chi connectivity index (χ1v) is 10.4. The highest BCUT2D eigenvalue weighted by Gasteiger charge is 2.25. The summed E-state index contributed by atoms with van der Waals surface area (Å²) in [6.45, 7) is 7.76. The summed E-state index contributed by atoms with van der Waals surface area (Å²) in [6.07, 6.45) is 3.13. The second kappa shape index (κ2) is 8.35. The highest BCUT2D eigenvalue weighted by molar-refractivity contribution is 6.10. The molecule has 0 aliphatic carbocycles. The Balaban J connectivity index is 1.96. The molecular weight excluding hydrogens is 402 g/mol. The number of hydrogen-bond acceptors (Lipinski definition) is 3. The lowest BCUT2D eigenvalue weighted by molar-refractivity contribution is -0.134. The monoisotopic (exact) mass is 428 g/mol. The first-order chi connectivity index (χ1) is 15.3. The van der Waals surface area contributed by atoms with Crippen LogP contribution in [0, 0.1) is 20.8 Å². The molecule has 1 amide bonds. The number of carbonyl (C=O) groups excluding carboxylic acids is 2. The molecule has 0 saturated carbocycles. The van der Waals surface area contributed by atoms with Crippen molar-refractivity contribution in [2.75, 3.05) is 12.4 Å². The molecule has 1 heterocycles. The van der Waals surface area contributed by atoms with Gasteiger partial charge in [0.05, 0.1) is 17.9 Å². The number of ether oxygens (including phenoxy) is 1. The highest BCUT2D eigenvalue weighted by Crippen LogP contribution is 2.43. The van der Waals surface area contributed by atoms with Crippen LogP contribution in [0.5, 0.6) is 0 Å². The van der Waals surface area contributed by atoms with Crippen molar-refractivity contribution in [3.8, 4) is 5.75 Å². The Kier molecular flexibility index (Phi) is 5.57. The van der Waals surface area contributed by atoms with Gasteiger partial charge in [0, 0.05) is 41.9 Å². The minimum atomic E-state index is -0.387. The molecule has 0 bridgehead atoms. The molecule has 0 radical (unpaired) electrons. The largest absolute Gasteiger partial charge is 0.498 e. The average molecular weight is 429 g/mol. The fraction of sp³-hybridized carbons (Fsp3) is 0.185. The SMILES string of the molecule is COC(=O)/C=C/c1ccc(-[o+]2c3c(C)cc(C)cc3c3cc(NC(C)=O)cc(C)c32)cc1. The maximum absolute atomic E-state index is 11.6. The van der Waals surface area contributed by atoms with Gasteiger partial charge in [0.2, 0.25) is 5.91 Å². The Bertz CT molecular complexity index is 1390. The van der Waals surface area contributed by atoms with Gasteiger partial charge in [-0.05, 0) is 74.4 Å². The summed E-state index contributed by atoms with van der Waals surface area (Å²) in [5.41, 5.74) is 7.14. The van der Waals surface area contributed by atoms with Crippen molar-refractivity contribution in [2.24, 2.45) is 0 Å². The lowest BCUT2D eigenvalue weighted by Crippen LogP contribution is -2.05. The fourth-order valence-corrected chi connectivity index (χ4v) is 4.23. The van der Waals surface area contributed by atoms with E-state index in [4.69, 9.17) is 0 Å². The first kappa shape index (κ1) is 21.4. The summed E-state index contributed by atoms with van der Waals surface area (Å²) in [5.74, 6) is 0.466. The Hall–Kier alpha value is -3.86. The van der Waals surface area contributed by atoms with E-state index in [2.05, 4.69) is 40.1 Å². The maximum atomic E-state index is 11.6. The number of amides is 1. The van der Waals surface area contributed by atoms with Crippen molar-refractivity contribution in [3.63, 3.8) is 0 Å². The number of anilines is 1. The zero-order valence-electron chi connectivity index (χ0n) is 18.9. The molecule has 4 aromatic rings. The minimum Gasteiger partial charge on any atom is -0.498 e. The van der Waals surface area contributed by atoms with Crippen LogP contribution in [0.15, 0.2) is 58.7 Å². The zero-order chi connectivity index (χ0) is 23.0. The Labute approximate surface area is 187 Å². The number of methoxy groups -OCH3 is 1. The lowest BCUT2D eigenvalue weighted by atomic mass is 10.0. The van der Waals surface area contributed by atoms with E-state index in [1.165, 1.54) is 25.7 Å². The molecule has 0 fully saturated rings. The van der Waals surface area contributed by atoms with E-state index in [-0.39, 0.29) is 11.9 Å². The first-order valence-electron chi connectivity index (χ1n) is 10.4. The van der Waals surface area contributed by atoms with Crippen molar-refractivity contribution < 1.29 is 18.4 Å². The third-order valence-corrected chi connectivity index (χ3v) is 5.44. The zero-order valence-corrected chi connectivity index (χ0v) is 18.9. The van der Waals surface area contributed by atoms with E-state index in [9.17, 15) is 9.59 Å². The Morgan fingerprint density at radius 3 is 2.16 bits per heavy atom. The summed E-state index contributed by atoms with van der Waals surface area (Å²) in [7, 11) is 1.36. The summed E-state index contributed by atoms with van der Waals surface area (Å²) in [4.78, 5) is 23.0. The van der Waals surface area contributed by atoms with E-state index < -0.39 is 0 Å². The number of benzene rings is 3. The van der Waals surface area contributed by atoms with Crippen LogP contribution in [0.2, 0.25) is 0 Å². The molecule has 162 valence electrons. The normalized spacial score (nSPS) is 11.4. The van der Waals surface area contributed by atoms with Gasteiger partial charge in [0.25, 0.3) is 16.9 Å². The molecule has 3 aromatic carbocycles. The lowest BCUT2D eigenvalue weighted by Gasteiger charge is -2.09. The topological polar surface area (TPSA) is 58.1 Å². The van der Waals surface area contributed by atoms with Gasteiger partial charge in [-0.15, -0.1) is 0 Å². The second-order valence-corrected chi connectivity index (χ2v) is 8.04. The summed E-state index contributed by atoms with van der Waals surface area (Å²) >= 11 is 0. The number of esters is 1. The van der Waals surface area contributed by atoms with Crippen LogP contribution >= 0.6 is 0 Å². The predicted octanol–water partition coefficient (Wildman–Crippen LogP) is 6.33. The highest BCUT2D eigenvalue weighted by atomic mass is 16.6. The third-order valence-electron chi connectivity index (χ3n) is 5.44. The average Bonchev–Trinajstić information content (AvgIpc) is 3.07. The van der Waals surface area contributed by atoms with Crippen LogP contribution < -0.4 is 5.32 Å².